The van der Waals surface area contributed by atoms with Gasteiger partial charge in [0.2, 0.25) is 0 Å². The summed E-state index contributed by atoms with van der Waals surface area (Å²) in [7, 11) is 0. The van der Waals surface area contributed by atoms with Gasteiger partial charge in [0.15, 0.2) is 0 Å². The Bertz CT molecular complexity index is 161. The highest BCUT2D eigenvalue weighted by Crippen LogP contribution is 2.29. The van der Waals surface area contributed by atoms with Crippen LogP contribution in [0.2, 0.25) is 0 Å². The second-order valence-electron chi connectivity index (χ2n) is 4.40. The smallest absolute Gasteiger partial charge is 0.134 e. The first-order valence-corrected chi connectivity index (χ1v) is 5.43. The van der Waals surface area contributed by atoms with E-state index < -0.39 is 0 Å². The standard InChI is InChI=1S/C11H21NO/c1-9(2)12-7-6-11(13)8-10-4-3-5-10/h9-10,12H,3-8H2,1-2H3. The van der Waals surface area contributed by atoms with Crippen LogP contribution in [0.1, 0.15) is 46.0 Å². The maximum absolute atomic E-state index is 11.4. The molecule has 0 aliphatic heterocycles. The van der Waals surface area contributed by atoms with Crippen LogP contribution < -0.4 is 5.32 Å². The minimum absolute atomic E-state index is 0.442. The van der Waals surface area contributed by atoms with Crippen molar-refractivity contribution in [2.75, 3.05) is 6.54 Å². The summed E-state index contributed by atoms with van der Waals surface area (Å²) in [5.41, 5.74) is 0. The maximum Gasteiger partial charge on any atom is 0.134 e. The summed E-state index contributed by atoms with van der Waals surface area (Å²) in [6.45, 7) is 5.07. The van der Waals surface area contributed by atoms with Gasteiger partial charge in [0.05, 0.1) is 0 Å². The quantitative estimate of drug-likeness (QED) is 0.683. The highest BCUT2D eigenvalue weighted by Gasteiger charge is 2.19. The molecule has 0 unspecified atom stereocenters. The first-order chi connectivity index (χ1) is 6.18. The summed E-state index contributed by atoms with van der Waals surface area (Å²) in [5, 5.41) is 3.26. The largest absolute Gasteiger partial charge is 0.314 e. The Labute approximate surface area is 81.1 Å². The fourth-order valence-electron chi connectivity index (χ4n) is 1.62. The van der Waals surface area contributed by atoms with Gasteiger partial charge >= 0.3 is 0 Å². The third kappa shape index (κ3) is 4.41. The second-order valence-corrected chi connectivity index (χ2v) is 4.40. The van der Waals surface area contributed by atoms with Crippen LogP contribution in [-0.2, 0) is 4.79 Å². The van der Waals surface area contributed by atoms with Gasteiger partial charge in [-0.1, -0.05) is 33.1 Å². The van der Waals surface area contributed by atoms with Crippen molar-refractivity contribution in [1.82, 2.24) is 5.32 Å². The van der Waals surface area contributed by atoms with Gasteiger partial charge in [-0.25, -0.2) is 0 Å². The van der Waals surface area contributed by atoms with Crippen LogP contribution in [0.15, 0.2) is 0 Å². The molecule has 0 atom stereocenters. The van der Waals surface area contributed by atoms with Crippen LogP contribution in [0.4, 0.5) is 0 Å². The summed E-state index contributed by atoms with van der Waals surface area (Å²) in [5.74, 6) is 1.17. The van der Waals surface area contributed by atoms with Crippen LogP contribution in [0.5, 0.6) is 0 Å². The number of nitrogens with one attached hydrogen (secondary N) is 1. The minimum Gasteiger partial charge on any atom is -0.314 e. The zero-order valence-electron chi connectivity index (χ0n) is 8.81. The van der Waals surface area contributed by atoms with E-state index in [0.29, 0.717) is 18.2 Å². The Kier molecular flexibility index (Phi) is 4.43. The van der Waals surface area contributed by atoms with Gasteiger partial charge in [0.25, 0.3) is 0 Å². The maximum atomic E-state index is 11.4. The molecule has 1 fully saturated rings. The molecule has 0 spiro atoms. The zero-order valence-corrected chi connectivity index (χ0v) is 8.81. The van der Waals surface area contributed by atoms with Gasteiger partial charge in [-0.15, -0.1) is 0 Å². The molecule has 1 N–H and O–H groups in total. The summed E-state index contributed by atoms with van der Waals surface area (Å²) in [6.07, 6.45) is 5.45. The lowest BCUT2D eigenvalue weighted by Crippen LogP contribution is -2.26. The third-order valence-electron chi connectivity index (χ3n) is 2.70. The predicted octanol–water partition coefficient (Wildman–Crippen LogP) is 2.13. The van der Waals surface area contributed by atoms with Crippen LogP contribution in [-0.4, -0.2) is 18.4 Å². The molecule has 0 aromatic heterocycles. The molecule has 1 aliphatic rings. The first kappa shape index (κ1) is 10.7. The van der Waals surface area contributed by atoms with Crippen molar-refractivity contribution < 1.29 is 4.79 Å². The molecule has 0 saturated heterocycles. The molecule has 0 heterocycles. The molecule has 1 aliphatic carbocycles. The second kappa shape index (κ2) is 5.38. The Morgan fingerprint density at radius 3 is 2.62 bits per heavy atom. The van der Waals surface area contributed by atoms with Crippen molar-refractivity contribution in [3.8, 4) is 0 Å². The summed E-state index contributed by atoms with van der Waals surface area (Å²) in [4.78, 5) is 11.4. The molecule has 2 nitrogen and oxygen atoms in total. The van der Waals surface area contributed by atoms with E-state index in [1.807, 2.05) is 0 Å². The van der Waals surface area contributed by atoms with Crippen molar-refractivity contribution in [3.05, 3.63) is 0 Å². The topological polar surface area (TPSA) is 29.1 Å². The molecule has 0 aromatic rings. The van der Waals surface area contributed by atoms with E-state index >= 15 is 0 Å². The number of Topliss-reactive ketones (excluding diaryl/α,β-unsaturated/α-hetero) is 1. The van der Waals surface area contributed by atoms with Crippen LogP contribution >= 0.6 is 0 Å². The van der Waals surface area contributed by atoms with Gasteiger partial charge in [-0.05, 0) is 5.92 Å². The number of carbonyl (C=O) groups excluding carboxylic acids is 1. The minimum atomic E-state index is 0.442. The number of hydrogen-bond acceptors (Lipinski definition) is 2. The number of ketones is 1. The van der Waals surface area contributed by atoms with Crippen molar-refractivity contribution in [2.24, 2.45) is 5.92 Å². The molecule has 1 saturated carbocycles. The monoisotopic (exact) mass is 183 g/mol. The zero-order chi connectivity index (χ0) is 9.68. The highest BCUT2D eigenvalue weighted by molar-refractivity contribution is 5.78. The van der Waals surface area contributed by atoms with Crippen LogP contribution in [0, 0.1) is 5.92 Å². The average molecular weight is 183 g/mol. The van der Waals surface area contributed by atoms with Gasteiger partial charge < -0.3 is 5.32 Å². The highest BCUT2D eigenvalue weighted by atomic mass is 16.1. The lowest BCUT2D eigenvalue weighted by molar-refractivity contribution is -0.120. The lowest BCUT2D eigenvalue weighted by Gasteiger charge is -2.24. The molecular weight excluding hydrogens is 162 g/mol. The van der Waals surface area contributed by atoms with Gasteiger partial charge in [-0.3, -0.25) is 4.79 Å². The molecule has 76 valence electrons. The van der Waals surface area contributed by atoms with Crippen molar-refractivity contribution >= 4 is 5.78 Å². The molecule has 0 amide bonds. The number of hydrogen-bond donors (Lipinski definition) is 1. The molecule has 0 bridgehead atoms. The molecule has 0 aromatic carbocycles. The van der Waals surface area contributed by atoms with E-state index in [4.69, 9.17) is 0 Å². The van der Waals surface area contributed by atoms with Crippen molar-refractivity contribution in [3.63, 3.8) is 0 Å². The van der Waals surface area contributed by atoms with Gasteiger partial charge in [0, 0.05) is 25.4 Å². The first-order valence-electron chi connectivity index (χ1n) is 5.43. The van der Waals surface area contributed by atoms with E-state index in [9.17, 15) is 4.79 Å². The molecule has 1 rings (SSSR count). The Balaban J connectivity index is 1.97. The molecule has 0 radical (unpaired) electrons. The van der Waals surface area contributed by atoms with E-state index in [1.165, 1.54) is 19.3 Å². The summed E-state index contributed by atoms with van der Waals surface area (Å²) < 4.78 is 0. The predicted molar refractivity (Wildman–Crippen MR) is 54.7 cm³/mol. The Morgan fingerprint density at radius 2 is 2.15 bits per heavy atom. The average Bonchev–Trinajstić information content (AvgIpc) is 1.96. The van der Waals surface area contributed by atoms with Crippen molar-refractivity contribution in [1.29, 1.82) is 0 Å². The lowest BCUT2D eigenvalue weighted by atomic mass is 9.81. The Morgan fingerprint density at radius 1 is 1.46 bits per heavy atom. The van der Waals surface area contributed by atoms with E-state index in [1.54, 1.807) is 0 Å². The SMILES string of the molecule is CC(C)NCCC(=O)CC1CCC1. The van der Waals surface area contributed by atoms with Crippen LogP contribution in [0.25, 0.3) is 0 Å². The summed E-state index contributed by atoms with van der Waals surface area (Å²) in [6, 6.07) is 0.497. The number of carbonyl (C=O) groups is 1. The fourth-order valence-corrected chi connectivity index (χ4v) is 1.62. The molecular formula is C11H21NO. The van der Waals surface area contributed by atoms with Crippen LogP contribution in [0.3, 0.4) is 0 Å². The van der Waals surface area contributed by atoms with E-state index in [0.717, 1.165) is 18.9 Å². The molecule has 13 heavy (non-hydrogen) atoms. The normalized spacial score (nSPS) is 17.5. The van der Waals surface area contributed by atoms with Crippen molar-refractivity contribution in [2.45, 2.75) is 52.0 Å². The fraction of sp³-hybridized carbons (Fsp3) is 0.909. The number of rotatable bonds is 6. The van der Waals surface area contributed by atoms with Gasteiger partial charge in [0.1, 0.15) is 5.78 Å². The van der Waals surface area contributed by atoms with Gasteiger partial charge in [-0.2, -0.15) is 0 Å². The summed E-state index contributed by atoms with van der Waals surface area (Å²) >= 11 is 0. The Hall–Kier alpha value is -0.370. The third-order valence-corrected chi connectivity index (χ3v) is 2.70. The van der Waals surface area contributed by atoms with E-state index in [-0.39, 0.29) is 0 Å². The molecule has 2 heteroatoms. The van der Waals surface area contributed by atoms with E-state index in [2.05, 4.69) is 19.2 Å².